The third-order valence-corrected chi connectivity index (χ3v) is 5.44. The van der Waals surface area contributed by atoms with Crippen LogP contribution in [0.25, 0.3) is 0 Å². The number of hydrogen-bond donors (Lipinski definition) is 2. The molecule has 3 rings (SSSR count). The van der Waals surface area contributed by atoms with Crippen molar-refractivity contribution in [3.63, 3.8) is 0 Å². The number of nitrogens with one attached hydrogen (secondary N) is 1. The first-order valence-corrected chi connectivity index (χ1v) is 7.03. The van der Waals surface area contributed by atoms with Crippen molar-refractivity contribution in [2.45, 2.75) is 45.1 Å². The molecule has 3 saturated carbocycles. The highest BCUT2D eigenvalue weighted by Gasteiger charge is 2.67. The molecule has 2 bridgehead atoms. The van der Waals surface area contributed by atoms with Gasteiger partial charge in [-0.3, -0.25) is 4.79 Å². The summed E-state index contributed by atoms with van der Waals surface area (Å²) < 4.78 is 0. The molecule has 0 spiro atoms. The predicted molar refractivity (Wildman–Crippen MR) is 65.2 cm³/mol. The highest BCUT2D eigenvalue weighted by molar-refractivity contribution is 5.82. The Bertz CT molecular complexity index is 323. The second kappa shape index (κ2) is 3.71. The summed E-state index contributed by atoms with van der Waals surface area (Å²) in [5.41, 5.74) is -0.751. The van der Waals surface area contributed by atoms with Crippen LogP contribution in [0.5, 0.6) is 0 Å². The Morgan fingerprint density at radius 3 is 2.47 bits per heavy atom. The number of hydrogen-bond acceptors (Lipinski definition) is 2. The van der Waals surface area contributed by atoms with E-state index in [1.165, 1.54) is 19.3 Å². The fraction of sp³-hybridized carbons (Fsp3) is 0.929. The van der Waals surface area contributed by atoms with Crippen LogP contribution in [0, 0.1) is 29.6 Å². The lowest BCUT2D eigenvalue weighted by atomic mass is 10.0. The van der Waals surface area contributed by atoms with Crippen LogP contribution < -0.4 is 5.32 Å². The van der Waals surface area contributed by atoms with Gasteiger partial charge in [-0.2, -0.15) is 0 Å². The molecule has 0 aliphatic heterocycles. The van der Waals surface area contributed by atoms with Crippen molar-refractivity contribution in [3.05, 3.63) is 0 Å². The van der Waals surface area contributed by atoms with Gasteiger partial charge in [-0.25, -0.2) is 0 Å². The maximum Gasteiger partial charge on any atom is 0.223 e. The van der Waals surface area contributed by atoms with E-state index in [0.717, 1.165) is 11.8 Å². The van der Waals surface area contributed by atoms with Gasteiger partial charge in [0.25, 0.3) is 0 Å². The first-order chi connectivity index (χ1) is 8.03. The van der Waals surface area contributed by atoms with Crippen molar-refractivity contribution in [3.8, 4) is 0 Å². The van der Waals surface area contributed by atoms with E-state index in [-0.39, 0.29) is 11.8 Å². The van der Waals surface area contributed by atoms with Gasteiger partial charge in [-0.15, -0.1) is 0 Å². The van der Waals surface area contributed by atoms with Gasteiger partial charge in [0.05, 0.1) is 5.60 Å². The summed E-state index contributed by atoms with van der Waals surface area (Å²) in [6.07, 6.45) is 4.76. The molecule has 3 nitrogen and oxygen atoms in total. The quantitative estimate of drug-likeness (QED) is 0.779. The zero-order valence-electron chi connectivity index (χ0n) is 10.8. The van der Waals surface area contributed by atoms with Crippen LogP contribution in [0.3, 0.4) is 0 Å². The summed E-state index contributed by atoms with van der Waals surface area (Å²) in [7, 11) is 0. The molecule has 0 saturated heterocycles. The second-order valence-corrected chi connectivity index (χ2v) is 6.58. The normalized spacial score (nSPS) is 45.2. The summed E-state index contributed by atoms with van der Waals surface area (Å²) in [6, 6.07) is 0. The smallest absolute Gasteiger partial charge is 0.223 e. The average molecular weight is 237 g/mol. The Hall–Kier alpha value is -0.570. The van der Waals surface area contributed by atoms with Gasteiger partial charge in [0.2, 0.25) is 5.91 Å². The molecule has 3 fully saturated rings. The first kappa shape index (κ1) is 11.5. The van der Waals surface area contributed by atoms with Gasteiger partial charge in [0.15, 0.2) is 0 Å². The van der Waals surface area contributed by atoms with Gasteiger partial charge in [0.1, 0.15) is 0 Å². The van der Waals surface area contributed by atoms with Crippen LogP contribution in [0.2, 0.25) is 0 Å². The number of carbonyl (C=O) groups excluding carboxylic acids is 1. The van der Waals surface area contributed by atoms with E-state index in [0.29, 0.717) is 24.8 Å². The lowest BCUT2D eigenvalue weighted by Gasteiger charge is -2.22. The van der Waals surface area contributed by atoms with Crippen LogP contribution >= 0.6 is 0 Å². The second-order valence-electron chi connectivity index (χ2n) is 6.58. The van der Waals surface area contributed by atoms with Crippen molar-refractivity contribution in [1.82, 2.24) is 5.32 Å². The van der Waals surface area contributed by atoms with E-state index < -0.39 is 5.60 Å². The Labute approximate surface area is 103 Å². The van der Waals surface area contributed by atoms with Crippen LogP contribution in [-0.4, -0.2) is 23.2 Å². The van der Waals surface area contributed by atoms with Gasteiger partial charge in [0, 0.05) is 12.5 Å². The number of rotatable bonds is 4. The molecule has 2 N–H and O–H groups in total. The van der Waals surface area contributed by atoms with E-state index in [1.807, 2.05) is 6.92 Å². The molecular weight excluding hydrogens is 214 g/mol. The molecule has 0 heterocycles. The summed E-state index contributed by atoms with van der Waals surface area (Å²) in [5.74, 6) is 3.56. The molecule has 0 aromatic carbocycles. The Kier molecular flexibility index (Phi) is 2.51. The van der Waals surface area contributed by atoms with E-state index >= 15 is 0 Å². The third-order valence-electron chi connectivity index (χ3n) is 5.44. The minimum atomic E-state index is -0.751. The average Bonchev–Trinajstić information content (AvgIpc) is 2.75. The molecule has 96 valence electrons. The third kappa shape index (κ3) is 1.79. The molecular formula is C14H23NO2. The fourth-order valence-electron chi connectivity index (χ4n) is 4.20. The molecule has 3 aliphatic rings. The molecule has 0 radical (unpaired) electrons. The molecule has 5 atom stereocenters. The number of carbonyl (C=O) groups is 1. The standard InChI is InChI=1S/C14H23NO2/c1-3-14(2,17)7-15-13(16)12-10-8-4-5-9(6-8)11(10)12/h8-12,17H,3-7H2,1-2H3,(H,15,16). The molecule has 0 aromatic heterocycles. The van der Waals surface area contributed by atoms with Crippen LogP contribution in [0.4, 0.5) is 0 Å². The van der Waals surface area contributed by atoms with E-state index in [4.69, 9.17) is 0 Å². The molecule has 1 amide bonds. The first-order valence-electron chi connectivity index (χ1n) is 7.03. The molecule has 3 aliphatic carbocycles. The lowest BCUT2D eigenvalue weighted by molar-refractivity contribution is -0.124. The molecule has 3 heteroatoms. The zero-order chi connectivity index (χ0) is 12.2. The largest absolute Gasteiger partial charge is 0.388 e. The highest BCUT2D eigenvalue weighted by Crippen LogP contribution is 2.69. The van der Waals surface area contributed by atoms with Crippen molar-refractivity contribution in [1.29, 1.82) is 0 Å². The summed E-state index contributed by atoms with van der Waals surface area (Å²) in [4.78, 5) is 12.1. The van der Waals surface area contributed by atoms with E-state index in [9.17, 15) is 9.90 Å². The van der Waals surface area contributed by atoms with Gasteiger partial charge < -0.3 is 10.4 Å². The van der Waals surface area contributed by atoms with Gasteiger partial charge in [-0.1, -0.05) is 6.92 Å². The number of aliphatic hydroxyl groups is 1. The fourth-order valence-corrected chi connectivity index (χ4v) is 4.20. The van der Waals surface area contributed by atoms with E-state index in [2.05, 4.69) is 5.32 Å². The van der Waals surface area contributed by atoms with Crippen LogP contribution in [-0.2, 0) is 4.79 Å². The SMILES string of the molecule is CCC(C)(O)CNC(=O)C1C2C3CCC(C3)C12. The van der Waals surface area contributed by atoms with E-state index in [1.54, 1.807) is 6.92 Å². The molecule has 17 heavy (non-hydrogen) atoms. The maximum atomic E-state index is 12.1. The minimum Gasteiger partial charge on any atom is -0.388 e. The van der Waals surface area contributed by atoms with Crippen molar-refractivity contribution < 1.29 is 9.90 Å². The minimum absolute atomic E-state index is 0.199. The monoisotopic (exact) mass is 237 g/mol. The summed E-state index contributed by atoms with van der Waals surface area (Å²) in [6.45, 7) is 4.12. The van der Waals surface area contributed by atoms with Gasteiger partial charge in [-0.05, 0) is 56.3 Å². The molecule has 0 aromatic rings. The van der Waals surface area contributed by atoms with Crippen molar-refractivity contribution in [2.24, 2.45) is 29.6 Å². The number of fused-ring (bicyclic) bond motifs is 5. The van der Waals surface area contributed by atoms with Crippen LogP contribution in [0.1, 0.15) is 39.5 Å². The van der Waals surface area contributed by atoms with Crippen molar-refractivity contribution in [2.75, 3.05) is 6.54 Å². The lowest BCUT2D eigenvalue weighted by Crippen LogP contribution is -2.41. The van der Waals surface area contributed by atoms with Crippen LogP contribution in [0.15, 0.2) is 0 Å². The summed E-state index contributed by atoms with van der Waals surface area (Å²) >= 11 is 0. The van der Waals surface area contributed by atoms with Gasteiger partial charge >= 0.3 is 0 Å². The zero-order valence-corrected chi connectivity index (χ0v) is 10.8. The van der Waals surface area contributed by atoms with Crippen molar-refractivity contribution >= 4 is 5.91 Å². The number of amides is 1. The molecule has 5 unspecified atom stereocenters. The Balaban J connectivity index is 1.53. The predicted octanol–water partition coefficient (Wildman–Crippen LogP) is 1.56. The maximum absolute atomic E-state index is 12.1. The topological polar surface area (TPSA) is 49.3 Å². The Morgan fingerprint density at radius 1 is 1.35 bits per heavy atom. The summed E-state index contributed by atoms with van der Waals surface area (Å²) in [5, 5.41) is 12.8. The Morgan fingerprint density at radius 2 is 1.94 bits per heavy atom. The highest BCUT2D eigenvalue weighted by atomic mass is 16.3.